The van der Waals surface area contributed by atoms with Crippen molar-refractivity contribution < 1.29 is 19.3 Å². The highest BCUT2D eigenvalue weighted by Gasteiger charge is 2.26. The first-order valence-electron chi connectivity index (χ1n) is 6.04. The lowest BCUT2D eigenvalue weighted by Gasteiger charge is -1.99. The standard InChI is InChI=1S/C13H11N4O5/c1-22-14-8-10-3-2-6-15(9-10)12-5-4-11(16(18)19)7-13(12)17(20)21/h2-9H,1H3/q+1. The number of oxime groups is 1. The van der Waals surface area contributed by atoms with E-state index in [0.717, 1.165) is 6.07 Å². The average Bonchev–Trinajstić information content (AvgIpc) is 2.52. The van der Waals surface area contributed by atoms with Gasteiger partial charge >= 0.3 is 5.69 Å². The van der Waals surface area contributed by atoms with Crippen molar-refractivity contribution in [3.63, 3.8) is 0 Å². The third-order valence-electron chi connectivity index (χ3n) is 2.78. The van der Waals surface area contributed by atoms with E-state index in [0.29, 0.717) is 5.56 Å². The van der Waals surface area contributed by atoms with Crippen LogP contribution in [0.2, 0.25) is 0 Å². The number of hydrogen-bond acceptors (Lipinski definition) is 6. The molecule has 0 atom stereocenters. The van der Waals surface area contributed by atoms with Crippen LogP contribution >= 0.6 is 0 Å². The topological polar surface area (TPSA) is 112 Å². The number of aromatic nitrogens is 1. The monoisotopic (exact) mass is 303 g/mol. The molecule has 1 aromatic carbocycles. The van der Waals surface area contributed by atoms with E-state index in [1.165, 1.54) is 30.0 Å². The van der Waals surface area contributed by atoms with Crippen LogP contribution in [0.5, 0.6) is 0 Å². The highest BCUT2D eigenvalue weighted by molar-refractivity contribution is 5.78. The third kappa shape index (κ3) is 3.20. The van der Waals surface area contributed by atoms with Gasteiger partial charge in [-0.1, -0.05) is 5.16 Å². The van der Waals surface area contributed by atoms with Crippen LogP contribution in [0, 0.1) is 20.2 Å². The van der Waals surface area contributed by atoms with Crippen LogP contribution in [0.25, 0.3) is 5.69 Å². The summed E-state index contributed by atoms with van der Waals surface area (Å²) in [5, 5.41) is 25.5. The van der Waals surface area contributed by atoms with Gasteiger partial charge in [0.1, 0.15) is 13.2 Å². The number of benzene rings is 1. The second-order valence-corrected chi connectivity index (χ2v) is 4.15. The predicted molar refractivity (Wildman–Crippen MR) is 75.9 cm³/mol. The number of rotatable bonds is 5. The molecule has 1 heterocycles. The van der Waals surface area contributed by atoms with E-state index in [1.54, 1.807) is 24.5 Å². The van der Waals surface area contributed by atoms with Crippen molar-refractivity contribution in [2.24, 2.45) is 5.16 Å². The minimum Gasteiger partial charge on any atom is -0.399 e. The highest BCUT2D eigenvalue weighted by Crippen LogP contribution is 2.24. The van der Waals surface area contributed by atoms with E-state index in [2.05, 4.69) is 9.99 Å². The van der Waals surface area contributed by atoms with Gasteiger partial charge in [-0.3, -0.25) is 20.2 Å². The van der Waals surface area contributed by atoms with E-state index < -0.39 is 9.85 Å². The molecule has 2 rings (SSSR count). The first kappa shape index (κ1) is 15.0. The maximum absolute atomic E-state index is 11.2. The van der Waals surface area contributed by atoms with E-state index >= 15 is 0 Å². The van der Waals surface area contributed by atoms with Crippen LogP contribution < -0.4 is 4.57 Å². The van der Waals surface area contributed by atoms with Crippen LogP contribution in [0.4, 0.5) is 11.4 Å². The summed E-state index contributed by atoms with van der Waals surface area (Å²) < 4.78 is 1.48. The first-order valence-corrected chi connectivity index (χ1v) is 6.04. The first-order chi connectivity index (χ1) is 10.5. The average molecular weight is 303 g/mol. The Morgan fingerprint density at radius 3 is 2.64 bits per heavy atom. The molecule has 1 aromatic heterocycles. The molecular formula is C13H11N4O5+. The molecule has 0 unspecified atom stereocenters. The fourth-order valence-electron chi connectivity index (χ4n) is 1.82. The number of pyridine rings is 1. The molecule has 0 aliphatic heterocycles. The van der Waals surface area contributed by atoms with Gasteiger partial charge in [-0.15, -0.1) is 0 Å². The molecule has 2 aromatic rings. The molecule has 22 heavy (non-hydrogen) atoms. The van der Waals surface area contributed by atoms with Gasteiger partial charge in [0, 0.05) is 18.2 Å². The van der Waals surface area contributed by atoms with Crippen LogP contribution in [-0.4, -0.2) is 23.2 Å². The van der Waals surface area contributed by atoms with Crippen molar-refractivity contribution in [3.05, 3.63) is 68.5 Å². The van der Waals surface area contributed by atoms with Crippen molar-refractivity contribution in [1.29, 1.82) is 0 Å². The summed E-state index contributed by atoms with van der Waals surface area (Å²) >= 11 is 0. The van der Waals surface area contributed by atoms with Gasteiger partial charge in [-0.2, -0.15) is 4.57 Å². The van der Waals surface area contributed by atoms with Crippen molar-refractivity contribution in [2.45, 2.75) is 0 Å². The van der Waals surface area contributed by atoms with Crippen molar-refractivity contribution in [3.8, 4) is 5.69 Å². The molecule has 9 nitrogen and oxygen atoms in total. The molecular weight excluding hydrogens is 292 g/mol. The molecule has 0 saturated carbocycles. The number of hydrogen-bond donors (Lipinski definition) is 0. The lowest BCUT2D eigenvalue weighted by Crippen LogP contribution is -2.31. The van der Waals surface area contributed by atoms with Crippen molar-refractivity contribution in [1.82, 2.24) is 0 Å². The molecule has 0 N–H and O–H groups in total. The van der Waals surface area contributed by atoms with E-state index in [9.17, 15) is 20.2 Å². The van der Waals surface area contributed by atoms with Crippen molar-refractivity contribution in [2.75, 3.05) is 7.11 Å². The Balaban J connectivity index is 2.54. The summed E-state index contributed by atoms with van der Waals surface area (Å²) in [5.74, 6) is 0. The van der Waals surface area contributed by atoms with Gasteiger partial charge in [0.15, 0.2) is 12.4 Å². The molecule has 9 heteroatoms. The van der Waals surface area contributed by atoms with E-state index in [4.69, 9.17) is 0 Å². The van der Waals surface area contributed by atoms with Gasteiger partial charge in [0.05, 0.1) is 21.6 Å². The zero-order chi connectivity index (χ0) is 16.1. The summed E-state index contributed by atoms with van der Waals surface area (Å²) in [6.45, 7) is 0. The SMILES string of the molecule is CON=Cc1ccc[n+](-c2ccc([N+](=O)[O-])cc2[N+](=O)[O-])c1. The molecule has 0 amide bonds. The third-order valence-corrected chi connectivity index (χ3v) is 2.78. The Morgan fingerprint density at radius 2 is 2.00 bits per heavy atom. The zero-order valence-electron chi connectivity index (χ0n) is 11.4. The number of nitro groups is 2. The smallest absolute Gasteiger partial charge is 0.347 e. The normalized spacial score (nSPS) is 10.6. The molecule has 0 fully saturated rings. The minimum absolute atomic E-state index is 0.211. The van der Waals surface area contributed by atoms with Gasteiger partial charge in [-0.25, -0.2) is 0 Å². The fraction of sp³-hybridized carbons (Fsp3) is 0.0769. The van der Waals surface area contributed by atoms with Crippen LogP contribution in [0.1, 0.15) is 5.56 Å². The lowest BCUT2D eigenvalue weighted by molar-refractivity contribution is -0.601. The quantitative estimate of drug-likeness (QED) is 0.361. The Morgan fingerprint density at radius 1 is 1.23 bits per heavy atom. The molecule has 0 saturated heterocycles. The summed E-state index contributed by atoms with van der Waals surface area (Å²) in [7, 11) is 1.40. The highest BCUT2D eigenvalue weighted by atomic mass is 16.6. The zero-order valence-corrected chi connectivity index (χ0v) is 11.4. The Bertz CT molecular complexity index is 760. The maximum Gasteiger partial charge on any atom is 0.347 e. The molecule has 0 radical (unpaired) electrons. The Labute approximate surface area is 124 Å². The van der Waals surface area contributed by atoms with E-state index in [1.807, 2.05) is 0 Å². The van der Waals surface area contributed by atoms with Crippen LogP contribution in [0.3, 0.4) is 0 Å². The lowest BCUT2D eigenvalue weighted by atomic mass is 10.2. The molecule has 0 aliphatic rings. The summed E-state index contributed by atoms with van der Waals surface area (Å²) in [5.41, 5.74) is 0.161. The molecule has 0 aliphatic carbocycles. The number of nitrogens with zero attached hydrogens (tertiary/aromatic N) is 4. The van der Waals surface area contributed by atoms with Gasteiger partial charge in [0.2, 0.25) is 0 Å². The van der Waals surface area contributed by atoms with Gasteiger partial charge in [-0.05, 0) is 6.07 Å². The molecule has 112 valence electrons. The van der Waals surface area contributed by atoms with Crippen LogP contribution in [-0.2, 0) is 4.84 Å². The number of non-ortho nitro benzene ring substituents is 1. The maximum atomic E-state index is 11.2. The fourth-order valence-corrected chi connectivity index (χ4v) is 1.82. The Kier molecular flexibility index (Phi) is 4.37. The second-order valence-electron chi connectivity index (χ2n) is 4.15. The summed E-state index contributed by atoms with van der Waals surface area (Å²) in [4.78, 5) is 25.1. The summed E-state index contributed by atoms with van der Waals surface area (Å²) in [6, 6.07) is 6.87. The largest absolute Gasteiger partial charge is 0.399 e. The van der Waals surface area contributed by atoms with Gasteiger partial charge in [0.25, 0.3) is 11.4 Å². The van der Waals surface area contributed by atoms with Crippen LogP contribution in [0.15, 0.2) is 47.9 Å². The predicted octanol–water partition coefficient (Wildman–Crippen LogP) is 1.76. The second kappa shape index (κ2) is 6.39. The molecule has 0 spiro atoms. The van der Waals surface area contributed by atoms with Crippen molar-refractivity contribution >= 4 is 17.6 Å². The Hall–Kier alpha value is -3.36. The van der Waals surface area contributed by atoms with E-state index in [-0.39, 0.29) is 17.1 Å². The molecule has 0 bridgehead atoms. The minimum atomic E-state index is -0.677. The van der Waals surface area contributed by atoms with Gasteiger partial charge < -0.3 is 4.84 Å². The summed E-state index contributed by atoms with van der Waals surface area (Å²) in [6.07, 6.45) is 4.63. The number of nitro benzene ring substituents is 2.